The van der Waals surface area contributed by atoms with Crippen LogP contribution in [-0.2, 0) is 9.31 Å². The van der Waals surface area contributed by atoms with Crippen molar-refractivity contribution >= 4 is 7.12 Å². The Labute approximate surface area is 75.1 Å². The highest BCUT2D eigenvalue weighted by molar-refractivity contribution is 6.46. The lowest BCUT2D eigenvalue weighted by Gasteiger charge is -2.32. The molecule has 0 aromatic heterocycles. The van der Waals surface area contributed by atoms with Crippen molar-refractivity contribution in [3.05, 3.63) is 12.7 Å². The fourth-order valence-electron chi connectivity index (χ4n) is 1.20. The molecule has 0 radical (unpaired) electrons. The van der Waals surface area contributed by atoms with Gasteiger partial charge in [0.15, 0.2) is 0 Å². The average molecular weight is 171 g/mol. The Kier molecular flexibility index (Phi) is 2.36. The first-order chi connectivity index (χ1) is 5.39. The van der Waals surface area contributed by atoms with Gasteiger partial charge < -0.3 is 9.31 Å². The van der Waals surface area contributed by atoms with Crippen molar-refractivity contribution in [3.63, 3.8) is 0 Å². The molecule has 0 saturated carbocycles. The van der Waals surface area contributed by atoms with E-state index in [1.807, 2.05) is 6.08 Å². The van der Waals surface area contributed by atoms with Gasteiger partial charge >= 0.3 is 7.12 Å². The van der Waals surface area contributed by atoms with E-state index in [2.05, 4.69) is 34.3 Å². The van der Waals surface area contributed by atoms with Gasteiger partial charge in [-0.3, -0.25) is 0 Å². The third-order valence-corrected chi connectivity index (χ3v) is 2.66. The van der Waals surface area contributed by atoms with Crippen LogP contribution in [0.3, 0.4) is 0 Å². The van der Waals surface area contributed by atoms with Crippen LogP contribution in [0.15, 0.2) is 12.7 Å². The lowest BCUT2D eigenvalue weighted by Crippen LogP contribution is -2.41. The van der Waals surface area contributed by atoms with E-state index in [-0.39, 0.29) is 18.3 Å². The minimum absolute atomic E-state index is 0.118. The van der Waals surface area contributed by atoms with Crippen LogP contribution in [0, 0.1) is 0 Å². The molecule has 1 aliphatic heterocycles. The summed E-state index contributed by atoms with van der Waals surface area (Å²) in [6.45, 7) is 11.9. The molecule has 0 amide bonds. The van der Waals surface area contributed by atoms with Gasteiger partial charge in [0.25, 0.3) is 0 Å². The summed E-state index contributed by atoms with van der Waals surface area (Å²) in [5.74, 6) is 0. The predicted molar refractivity (Wildman–Crippen MR) is 51.1 cm³/mol. The van der Waals surface area contributed by atoms with Crippen LogP contribution in [0.4, 0.5) is 0 Å². The maximum Gasteiger partial charge on any atom is 0.461 e. The molecule has 1 rings (SSSR count). The van der Waals surface area contributed by atoms with Crippen LogP contribution >= 0.6 is 0 Å². The monoisotopic (exact) mass is 171 g/mol. The second-order valence-corrected chi connectivity index (χ2v) is 4.21. The molecule has 1 heterocycles. The van der Waals surface area contributed by atoms with Gasteiger partial charge in [0.1, 0.15) is 0 Å². The summed E-state index contributed by atoms with van der Waals surface area (Å²) >= 11 is 0. The van der Waals surface area contributed by atoms with Crippen molar-refractivity contribution in [1.82, 2.24) is 0 Å². The van der Waals surface area contributed by atoms with E-state index in [9.17, 15) is 0 Å². The molecule has 12 heavy (non-hydrogen) atoms. The second kappa shape index (κ2) is 2.89. The summed E-state index contributed by atoms with van der Waals surface area (Å²) in [5.41, 5.74) is -0.415. The van der Waals surface area contributed by atoms with Gasteiger partial charge in [-0.15, -0.1) is 6.58 Å². The summed E-state index contributed by atoms with van der Waals surface area (Å²) in [7, 11) is -0.118. The molecule has 3 heteroatoms. The summed E-state index contributed by atoms with van der Waals surface area (Å²) < 4.78 is 11.4. The molecule has 0 N–H and O–H groups in total. The molecule has 0 aromatic rings. The van der Waals surface area contributed by atoms with E-state index in [0.29, 0.717) is 0 Å². The Morgan fingerprint density at radius 2 is 1.58 bits per heavy atom. The Morgan fingerprint density at radius 1 is 1.17 bits per heavy atom. The van der Waals surface area contributed by atoms with Gasteiger partial charge in [0.05, 0.1) is 11.2 Å². The fraction of sp³-hybridized carbons (Fsp3) is 0.778. The molecular formula is C9H17BO2. The number of rotatable bonds is 2. The van der Waals surface area contributed by atoms with Gasteiger partial charge in [-0.25, -0.2) is 0 Å². The molecule has 2 nitrogen and oxygen atoms in total. The zero-order valence-electron chi connectivity index (χ0n) is 8.39. The smallest absolute Gasteiger partial charge is 0.403 e. The largest absolute Gasteiger partial charge is 0.461 e. The van der Waals surface area contributed by atoms with Gasteiger partial charge in [-0.2, -0.15) is 0 Å². The molecule has 1 saturated heterocycles. The Balaban J connectivity index is 2.67. The SMILES string of the molecule is CC1(C)OB([13CH2][13CH]=[13CH2])OC1(C)C. The quantitative estimate of drug-likeness (QED) is 0.360. The molecule has 0 atom stereocenters. The summed E-state index contributed by atoms with van der Waals surface area (Å²) in [4.78, 5) is 0. The minimum Gasteiger partial charge on any atom is -0.403 e. The summed E-state index contributed by atoms with van der Waals surface area (Å²) in [5, 5.41) is 0. The summed E-state index contributed by atoms with van der Waals surface area (Å²) in [6, 6.07) is 0. The first-order valence-corrected chi connectivity index (χ1v) is 4.35. The molecule has 0 aliphatic carbocycles. The van der Waals surface area contributed by atoms with Gasteiger partial charge in [-0.05, 0) is 27.7 Å². The van der Waals surface area contributed by atoms with Gasteiger partial charge in [0, 0.05) is 6.32 Å². The van der Waals surface area contributed by atoms with E-state index in [1.54, 1.807) is 0 Å². The molecule has 0 bridgehead atoms. The Hall–Kier alpha value is -0.275. The van der Waals surface area contributed by atoms with Crippen molar-refractivity contribution in [2.24, 2.45) is 0 Å². The lowest BCUT2D eigenvalue weighted by molar-refractivity contribution is 0.00578. The average Bonchev–Trinajstić information content (AvgIpc) is 2.02. The van der Waals surface area contributed by atoms with E-state index in [0.717, 1.165) is 6.32 Å². The maximum atomic E-state index is 5.71. The van der Waals surface area contributed by atoms with Crippen LogP contribution in [0.5, 0.6) is 0 Å². The van der Waals surface area contributed by atoms with E-state index in [4.69, 9.17) is 9.31 Å². The van der Waals surface area contributed by atoms with Crippen molar-refractivity contribution in [1.29, 1.82) is 0 Å². The Bertz CT molecular complexity index is 171. The first-order valence-electron chi connectivity index (χ1n) is 4.35. The molecule has 0 spiro atoms. The zero-order chi connectivity index (χ0) is 9.41. The predicted octanol–water partition coefficient (Wildman–Crippen LogP) is 2.26. The number of hydrogen-bond acceptors (Lipinski definition) is 2. The number of hydrogen-bond donors (Lipinski definition) is 0. The molecule has 0 unspecified atom stereocenters. The molecular weight excluding hydrogens is 154 g/mol. The Morgan fingerprint density at radius 3 is 1.92 bits per heavy atom. The highest BCUT2D eigenvalue weighted by Gasteiger charge is 2.50. The maximum absolute atomic E-state index is 5.71. The third kappa shape index (κ3) is 1.57. The van der Waals surface area contributed by atoms with Crippen LogP contribution < -0.4 is 0 Å². The highest BCUT2D eigenvalue weighted by atomic mass is 16.7. The fourth-order valence-corrected chi connectivity index (χ4v) is 1.20. The minimum atomic E-state index is -0.208. The van der Waals surface area contributed by atoms with Crippen LogP contribution in [0.2, 0.25) is 6.32 Å². The van der Waals surface area contributed by atoms with Crippen LogP contribution in [0.25, 0.3) is 0 Å². The lowest BCUT2D eigenvalue weighted by atomic mass is 9.90. The van der Waals surface area contributed by atoms with Crippen LogP contribution in [0.1, 0.15) is 27.7 Å². The topological polar surface area (TPSA) is 18.5 Å². The summed E-state index contributed by atoms with van der Waals surface area (Å²) in [6.07, 6.45) is 2.58. The van der Waals surface area contributed by atoms with E-state index < -0.39 is 0 Å². The highest BCUT2D eigenvalue weighted by Crippen LogP contribution is 2.37. The van der Waals surface area contributed by atoms with E-state index >= 15 is 0 Å². The molecule has 1 fully saturated rings. The number of allylic oxidation sites excluding steroid dienone is 1. The van der Waals surface area contributed by atoms with Crippen LogP contribution in [-0.4, -0.2) is 18.3 Å². The van der Waals surface area contributed by atoms with Gasteiger partial charge in [0.2, 0.25) is 0 Å². The van der Waals surface area contributed by atoms with Crippen molar-refractivity contribution in [2.75, 3.05) is 0 Å². The van der Waals surface area contributed by atoms with Crippen molar-refractivity contribution in [2.45, 2.75) is 45.2 Å². The molecule has 1 aliphatic rings. The molecule has 0 aromatic carbocycles. The molecule has 68 valence electrons. The van der Waals surface area contributed by atoms with Gasteiger partial charge in [-0.1, -0.05) is 6.08 Å². The van der Waals surface area contributed by atoms with E-state index in [1.165, 1.54) is 0 Å². The van der Waals surface area contributed by atoms with Crippen molar-refractivity contribution in [3.8, 4) is 0 Å². The second-order valence-electron chi connectivity index (χ2n) is 4.21. The normalized spacial score (nSPS) is 25.8. The van der Waals surface area contributed by atoms with Crippen molar-refractivity contribution < 1.29 is 9.31 Å². The zero-order valence-corrected chi connectivity index (χ0v) is 8.39. The first kappa shape index (κ1) is 9.81. The standard InChI is InChI=1S/C9H17BO2/c1-6-7-10-11-8(2,3)9(4,5)12-10/h6H,1,7H2,2-5H3/i1+1,6+1,7+1. The third-order valence-electron chi connectivity index (χ3n) is 2.66.